The van der Waals surface area contributed by atoms with Crippen molar-refractivity contribution in [3.05, 3.63) is 70.0 Å². The number of anilines is 1. The van der Waals surface area contributed by atoms with Gasteiger partial charge in [0.1, 0.15) is 12.3 Å². The number of amides is 1. The van der Waals surface area contributed by atoms with Gasteiger partial charge < -0.3 is 14.6 Å². The van der Waals surface area contributed by atoms with E-state index >= 15 is 0 Å². The molecule has 1 aromatic heterocycles. The number of rotatable bonds is 4. The molecule has 2 aromatic carbocycles. The zero-order valence-electron chi connectivity index (χ0n) is 13.0. The molecule has 0 atom stereocenters. The second-order valence-corrected chi connectivity index (χ2v) is 5.69. The molecule has 0 spiro atoms. The Morgan fingerprint density at radius 2 is 2.04 bits per heavy atom. The smallest absolute Gasteiger partial charge is 0.244 e. The number of nitrogens with zero attached hydrogens (tertiary/aromatic N) is 1. The summed E-state index contributed by atoms with van der Waals surface area (Å²) in [5.74, 6) is 0.458. The van der Waals surface area contributed by atoms with Gasteiger partial charge in [-0.25, -0.2) is 0 Å². The van der Waals surface area contributed by atoms with Gasteiger partial charge in [-0.2, -0.15) is 0 Å². The topological polar surface area (TPSA) is 60.3 Å². The van der Waals surface area contributed by atoms with E-state index in [0.29, 0.717) is 27.4 Å². The average Bonchev–Trinajstić information content (AvgIpc) is 2.57. The SMILES string of the molecule is COc1cccc(NC(=O)Cn2ccc(=O)c3cc(Cl)ccc32)c1. The fourth-order valence-corrected chi connectivity index (χ4v) is 2.65. The number of halogens is 1. The van der Waals surface area contributed by atoms with Crippen LogP contribution in [0.25, 0.3) is 10.9 Å². The molecule has 0 saturated heterocycles. The van der Waals surface area contributed by atoms with Gasteiger partial charge >= 0.3 is 0 Å². The van der Waals surface area contributed by atoms with Crippen LogP contribution in [-0.2, 0) is 11.3 Å². The standard InChI is InChI=1S/C18H15ClN2O3/c1-24-14-4-2-3-13(10-14)20-18(23)11-21-8-7-17(22)15-9-12(19)5-6-16(15)21/h2-10H,11H2,1H3,(H,20,23). The van der Waals surface area contributed by atoms with Crippen molar-refractivity contribution in [2.75, 3.05) is 12.4 Å². The molecule has 1 amide bonds. The molecule has 1 N–H and O–H groups in total. The average molecular weight is 343 g/mol. The van der Waals surface area contributed by atoms with Gasteiger partial charge in [-0.1, -0.05) is 17.7 Å². The minimum absolute atomic E-state index is 0.0790. The minimum atomic E-state index is -0.205. The Hall–Kier alpha value is -2.79. The lowest BCUT2D eigenvalue weighted by Crippen LogP contribution is -2.20. The molecular weight excluding hydrogens is 328 g/mol. The Bertz CT molecular complexity index is 966. The number of pyridine rings is 1. The Labute approximate surface area is 143 Å². The predicted molar refractivity (Wildman–Crippen MR) is 94.8 cm³/mol. The summed E-state index contributed by atoms with van der Waals surface area (Å²) in [5, 5.41) is 3.78. The summed E-state index contributed by atoms with van der Waals surface area (Å²) in [5.41, 5.74) is 1.18. The Kier molecular flexibility index (Phi) is 4.53. The number of hydrogen-bond donors (Lipinski definition) is 1. The van der Waals surface area contributed by atoms with Crippen LogP contribution in [0.15, 0.2) is 59.5 Å². The van der Waals surface area contributed by atoms with Gasteiger partial charge in [-0.15, -0.1) is 0 Å². The summed E-state index contributed by atoms with van der Waals surface area (Å²) in [6.45, 7) is 0.0790. The zero-order valence-corrected chi connectivity index (χ0v) is 13.7. The number of hydrogen-bond acceptors (Lipinski definition) is 3. The highest BCUT2D eigenvalue weighted by Crippen LogP contribution is 2.18. The molecule has 3 aromatic rings. The zero-order chi connectivity index (χ0) is 17.1. The maximum atomic E-state index is 12.3. The van der Waals surface area contributed by atoms with Crippen molar-refractivity contribution in [1.29, 1.82) is 0 Å². The molecule has 6 heteroatoms. The molecular formula is C18H15ClN2O3. The number of fused-ring (bicyclic) bond motifs is 1. The van der Waals surface area contributed by atoms with Gasteiger partial charge in [0, 0.05) is 34.4 Å². The van der Waals surface area contributed by atoms with Crippen molar-refractivity contribution in [3.63, 3.8) is 0 Å². The predicted octanol–water partition coefficient (Wildman–Crippen LogP) is 3.30. The van der Waals surface area contributed by atoms with Gasteiger partial charge in [0.2, 0.25) is 5.91 Å². The number of nitrogens with one attached hydrogen (secondary N) is 1. The first-order chi connectivity index (χ1) is 11.6. The molecule has 5 nitrogen and oxygen atoms in total. The Morgan fingerprint density at radius 3 is 2.83 bits per heavy atom. The molecule has 3 rings (SSSR count). The number of benzene rings is 2. The van der Waals surface area contributed by atoms with Crippen molar-refractivity contribution in [2.24, 2.45) is 0 Å². The normalized spacial score (nSPS) is 10.6. The van der Waals surface area contributed by atoms with Crippen LogP contribution in [0.1, 0.15) is 0 Å². The number of ether oxygens (including phenoxy) is 1. The lowest BCUT2D eigenvalue weighted by molar-refractivity contribution is -0.116. The molecule has 0 radical (unpaired) electrons. The van der Waals surface area contributed by atoms with E-state index in [0.717, 1.165) is 0 Å². The maximum Gasteiger partial charge on any atom is 0.244 e. The van der Waals surface area contributed by atoms with Gasteiger partial charge in [0.25, 0.3) is 0 Å². The molecule has 0 unspecified atom stereocenters. The monoisotopic (exact) mass is 342 g/mol. The van der Waals surface area contributed by atoms with Crippen LogP contribution in [0.2, 0.25) is 5.02 Å². The lowest BCUT2D eigenvalue weighted by Gasteiger charge is -2.12. The van der Waals surface area contributed by atoms with Crippen LogP contribution in [0, 0.1) is 0 Å². The van der Waals surface area contributed by atoms with Crippen LogP contribution in [0.3, 0.4) is 0 Å². The van der Waals surface area contributed by atoms with Gasteiger partial charge in [0.05, 0.1) is 12.6 Å². The van der Waals surface area contributed by atoms with E-state index in [4.69, 9.17) is 16.3 Å². The Morgan fingerprint density at radius 1 is 1.21 bits per heavy atom. The van der Waals surface area contributed by atoms with E-state index in [-0.39, 0.29) is 17.9 Å². The second-order valence-electron chi connectivity index (χ2n) is 5.25. The van der Waals surface area contributed by atoms with E-state index in [1.807, 2.05) is 0 Å². The minimum Gasteiger partial charge on any atom is -0.497 e. The molecule has 122 valence electrons. The first-order valence-corrected chi connectivity index (χ1v) is 7.67. The number of carbonyl (C=O) groups excluding carboxylic acids is 1. The maximum absolute atomic E-state index is 12.3. The third-order valence-electron chi connectivity index (χ3n) is 3.61. The van der Waals surface area contributed by atoms with Crippen LogP contribution in [0.4, 0.5) is 5.69 Å². The van der Waals surface area contributed by atoms with Crippen LogP contribution < -0.4 is 15.5 Å². The molecule has 0 bridgehead atoms. The van der Waals surface area contributed by atoms with Gasteiger partial charge in [-0.3, -0.25) is 9.59 Å². The summed E-state index contributed by atoms with van der Waals surface area (Å²) in [4.78, 5) is 24.2. The van der Waals surface area contributed by atoms with Gasteiger partial charge in [-0.05, 0) is 30.3 Å². The van der Waals surface area contributed by atoms with E-state index in [2.05, 4.69) is 5.32 Å². The quantitative estimate of drug-likeness (QED) is 0.791. The highest BCUT2D eigenvalue weighted by Gasteiger charge is 2.08. The van der Waals surface area contributed by atoms with E-state index < -0.39 is 0 Å². The number of methoxy groups -OCH3 is 1. The molecule has 0 fully saturated rings. The molecule has 0 aliphatic rings. The fraction of sp³-hybridized carbons (Fsp3) is 0.111. The number of aromatic nitrogens is 1. The first-order valence-electron chi connectivity index (χ1n) is 7.29. The molecule has 1 heterocycles. The fourth-order valence-electron chi connectivity index (χ4n) is 2.48. The van der Waals surface area contributed by atoms with Crippen molar-refractivity contribution in [1.82, 2.24) is 4.57 Å². The third kappa shape index (κ3) is 3.41. The second kappa shape index (κ2) is 6.76. The Balaban J connectivity index is 1.85. The van der Waals surface area contributed by atoms with E-state index in [1.54, 1.807) is 60.3 Å². The summed E-state index contributed by atoms with van der Waals surface area (Å²) < 4.78 is 6.84. The van der Waals surface area contributed by atoms with E-state index in [9.17, 15) is 9.59 Å². The van der Waals surface area contributed by atoms with Crippen LogP contribution >= 0.6 is 11.6 Å². The first kappa shape index (κ1) is 16.1. The van der Waals surface area contributed by atoms with E-state index in [1.165, 1.54) is 6.07 Å². The third-order valence-corrected chi connectivity index (χ3v) is 3.84. The summed E-state index contributed by atoms with van der Waals surface area (Å²) in [7, 11) is 1.57. The lowest BCUT2D eigenvalue weighted by atomic mass is 10.2. The van der Waals surface area contributed by atoms with Gasteiger partial charge in [0.15, 0.2) is 5.43 Å². The largest absolute Gasteiger partial charge is 0.497 e. The van der Waals surface area contributed by atoms with Crippen LogP contribution in [0.5, 0.6) is 5.75 Å². The molecule has 0 saturated carbocycles. The van der Waals surface area contributed by atoms with Crippen molar-refractivity contribution < 1.29 is 9.53 Å². The molecule has 0 aliphatic heterocycles. The number of carbonyl (C=O) groups is 1. The molecule has 24 heavy (non-hydrogen) atoms. The summed E-state index contributed by atoms with van der Waals surface area (Å²) in [6, 6.07) is 13.6. The summed E-state index contributed by atoms with van der Waals surface area (Å²) in [6.07, 6.45) is 1.60. The van der Waals surface area contributed by atoms with Crippen molar-refractivity contribution in [3.8, 4) is 5.75 Å². The highest BCUT2D eigenvalue weighted by molar-refractivity contribution is 6.31. The van der Waals surface area contributed by atoms with Crippen molar-refractivity contribution in [2.45, 2.75) is 6.54 Å². The summed E-state index contributed by atoms with van der Waals surface area (Å²) >= 11 is 5.95. The van der Waals surface area contributed by atoms with Crippen molar-refractivity contribution >= 4 is 34.1 Å². The van der Waals surface area contributed by atoms with Crippen LogP contribution in [-0.4, -0.2) is 17.6 Å². The molecule has 0 aliphatic carbocycles. The highest BCUT2D eigenvalue weighted by atomic mass is 35.5.